The van der Waals surface area contributed by atoms with Crippen LogP contribution in [0, 0.1) is 17.8 Å². The Morgan fingerprint density at radius 3 is 2.63 bits per heavy atom. The number of anilines is 2. The van der Waals surface area contributed by atoms with Gasteiger partial charge in [-0.15, -0.1) is 0 Å². The van der Waals surface area contributed by atoms with Gasteiger partial charge in [0, 0.05) is 13.0 Å². The molecule has 158 valence electrons. The third-order valence-electron chi connectivity index (χ3n) is 6.05. The van der Waals surface area contributed by atoms with Gasteiger partial charge in [-0.1, -0.05) is 42.5 Å². The number of aromatic amines is 1. The van der Waals surface area contributed by atoms with Crippen LogP contribution in [0.4, 0.5) is 11.5 Å². The highest BCUT2D eigenvalue weighted by molar-refractivity contribution is 5.97. The topological polar surface area (TPSA) is 110 Å². The van der Waals surface area contributed by atoms with Crippen molar-refractivity contribution < 1.29 is 9.53 Å². The molecular weight excluding hydrogens is 384 g/mol. The van der Waals surface area contributed by atoms with Gasteiger partial charge in [0.15, 0.2) is 5.69 Å². The molecular formula is C22H26N4O4. The highest BCUT2D eigenvalue weighted by Gasteiger charge is 2.42. The monoisotopic (exact) mass is 410 g/mol. The zero-order valence-electron chi connectivity index (χ0n) is 16.9. The largest absolute Gasteiger partial charge is 0.383 e. The normalized spacial score (nSPS) is 21.8. The summed E-state index contributed by atoms with van der Waals surface area (Å²) in [5.74, 6) is 0.241. The van der Waals surface area contributed by atoms with E-state index in [1.54, 1.807) is 0 Å². The lowest BCUT2D eigenvalue weighted by Crippen LogP contribution is -2.44. The minimum Gasteiger partial charge on any atom is -0.383 e. The molecule has 1 saturated carbocycles. The van der Waals surface area contributed by atoms with Gasteiger partial charge in [-0.05, 0) is 30.2 Å². The van der Waals surface area contributed by atoms with Gasteiger partial charge in [-0.25, -0.2) is 4.79 Å². The number of benzene rings is 1. The highest BCUT2D eigenvalue weighted by Crippen LogP contribution is 2.44. The van der Waals surface area contributed by atoms with Crippen LogP contribution in [0.1, 0.15) is 18.4 Å². The van der Waals surface area contributed by atoms with Crippen molar-refractivity contribution in [2.75, 3.05) is 24.4 Å². The second-order valence-corrected chi connectivity index (χ2v) is 7.93. The molecule has 30 heavy (non-hydrogen) atoms. The smallest absolute Gasteiger partial charge is 0.330 e. The number of fused-ring (bicyclic) bond motifs is 2. The summed E-state index contributed by atoms with van der Waals surface area (Å²) in [5, 5.41) is 0. The van der Waals surface area contributed by atoms with Gasteiger partial charge in [0.05, 0.1) is 19.7 Å². The average Bonchev–Trinajstić information content (AvgIpc) is 3.37. The van der Waals surface area contributed by atoms with Gasteiger partial charge < -0.3 is 10.5 Å². The van der Waals surface area contributed by atoms with Crippen LogP contribution >= 0.6 is 0 Å². The molecule has 3 N–H and O–H groups in total. The fraction of sp³-hybridized carbons (Fsp3) is 0.409. The van der Waals surface area contributed by atoms with Crippen molar-refractivity contribution in [1.82, 2.24) is 9.55 Å². The number of nitrogens with two attached hydrogens (primary N) is 1. The summed E-state index contributed by atoms with van der Waals surface area (Å²) < 4.78 is 6.29. The lowest BCUT2D eigenvalue weighted by molar-refractivity contribution is -0.123. The predicted octanol–water partition coefficient (Wildman–Crippen LogP) is 1.51. The van der Waals surface area contributed by atoms with Crippen LogP contribution < -0.4 is 21.9 Å². The van der Waals surface area contributed by atoms with Crippen LogP contribution in [0.5, 0.6) is 0 Å². The first-order valence-electron chi connectivity index (χ1n) is 10.1. The maximum absolute atomic E-state index is 13.6. The summed E-state index contributed by atoms with van der Waals surface area (Å²) in [5.41, 5.74) is 5.89. The van der Waals surface area contributed by atoms with Crippen molar-refractivity contribution in [3.8, 4) is 0 Å². The Hall–Kier alpha value is -3.13. The number of aromatic nitrogens is 2. The molecule has 0 saturated heterocycles. The number of rotatable bonds is 7. The number of carbonyl (C=O) groups excluding carboxylic acids is 1. The fourth-order valence-corrected chi connectivity index (χ4v) is 4.54. The Labute approximate surface area is 174 Å². The van der Waals surface area contributed by atoms with Crippen LogP contribution in [0.15, 0.2) is 52.1 Å². The molecule has 0 spiro atoms. The molecule has 2 aliphatic rings. The van der Waals surface area contributed by atoms with E-state index in [4.69, 9.17) is 10.5 Å². The number of nitrogen functional groups attached to an aromatic ring is 1. The van der Waals surface area contributed by atoms with E-state index in [0.717, 1.165) is 18.4 Å². The molecule has 0 radical (unpaired) electrons. The molecule has 2 bridgehead atoms. The molecule has 0 aliphatic heterocycles. The third kappa shape index (κ3) is 3.70. The molecule has 1 fully saturated rings. The number of methoxy groups -OCH3 is 1. The van der Waals surface area contributed by atoms with E-state index in [1.165, 1.54) is 16.6 Å². The SMILES string of the molecule is COCCn1c(N)c(N(Cc2ccccc2)C(=O)[C@@H]2C[C@H]3C=C[C@H]2C3)c(=O)[nH]c1=O. The number of hydrogen-bond acceptors (Lipinski definition) is 5. The van der Waals surface area contributed by atoms with Crippen LogP contribution in [0.3, 0.4) is 0 Å². The van der Waals surface area contributed by atoms with Crippen molar-refractivity contribution in [2.24, 2.45) is 17.8 Å². The van der Waals surface area contributed by atoms with E-state index >= 15 is 0 Å². The summed E-state index contributed by atoms with van der Waals surface area (Å²) in [6, 6.07) is 9.44. The molecule has 4 rings (SSSR count). The first kappa shape index (κ1) is 20.2. The summed E-state index contributed by atoms with van der Waals surface area (Å²) in [4.78, 5) is 42.5. The average molecular weight is 410 g/mol. The van der Waals surface area contributed by atoms with Crippen molar-refractivity contribution in [1.29, 1.82) is 0 Å². The minimum absolute atomic E-state index is 0.0197. The fourth-order valence-electron chi connectivity index (χ4n) is 4.54. The number of allylic oxidation sites excluding steroid dienone is 2. The van der Waals surface area contributed by atoms with E-state index in [9.17, 15) is 14.4 Å². The van der Waals surface area contributed by atoms with Gasteiger partial charge in [0.25, 0.3) is 5.56 Å². The Kier molecular flexibility index (Phi) is 5.59. The standard InChI is InChI=1S/C22H26N4O4/c1-30-10-9-25-19(23)18(20(27)24-22(25)29)26(13-14-5-3-2-4-6-14)21(28)17-12-15-7-8-16(17)11-15/h2-8,15-17H,9-13,23H2,1H3,(H,24,27,29)/t15-,16-,17+/m0/s1. The highest BCUT2D eigenvalue weighted by atomic mass is 16.5. The predicted molar refractivity (Wildman–Crippen MR) is 114 cm³/mol. The molecule has 8 heteroatoms. The van der Waals surface area contributed by atoms with E-state index in [1.807, 2.05) is 30.3 Å². The molecule has 1 amide bonds. The summed E-state index contributed by atoms with van der Waals surface area (Å²) in [7, 11) is 1.52. The summed E-state index contributed by atoms with van der Waals surface area (Å²) >= 11 is 0. The molecule has 8 nitrogen and oxygen atoms in total. The van der Waals surface area contributed by atoms with Gasteiger partial charge in [0.2, 0.25) is 5.91 Å². The van der Waals surface area contributed by atoms with Gasteiger partial charge >= 0.3 is 5.69 Å². The number of nitrogens with one attached hydrogen (secondary N) is 1. The maximum Gasteiger partial charge on any atom is 0.330 e. The van der Waals surface area contributed by atoms with E-state index in [2.05, 4.69) is 17.1 Å². The minimum atomic E-state index is -0.658. The molecule has 1 heterocycles. The number of nitrogens with zero attached hydrogens (tertiary/aromatic N) is 2. The van der Waals surface area contributed by atoms with E-state index < -0.39 is 11.2 Å². The third-order valence-corrected chi connectivity index (χ3v) is 6.05. The second-order valence-electron chi connectivity index (χ2n) is 7.93. The number of ether oxygens (including phenoxy) is 1. The lowest BCUT2D eigenvalue weighted by Gasteiger charge is -2.29. The first-order chi connectivity index (χ1) is 14.5. The number of hydrogen-bond donors (Lipinski definition) is 2. The molecule has 2 aromatic rings. The van der Waals surface area contributed by atoms with E-state index in [0.29, 0.717) is 5.92 Å². The Balaban J connectivity index is 1.77. The molecule has 1 aromatic carbocycles. The van der Waals surface area contributed by atoms with E-state index in [-0.39, 0.29) is 48.9 Å². The van der Waals surface area contributed by atoms with Crippen LogP contribution in [-0.2, 0) is 22.6 Å². The second kappa shape index (κ2) is 8.31. The van der Waals surface area contributed by atoms with Gasteiger partial charge in [-0.2, -0.15) is 0 Å². The number of carbonyl (C=O) groups is 1. The van der Waals surface area contributed by atoms with Crippen LogP contribution in [0.2, 0.25) is 0 Å². The molecule has 0 unspecified atom stereocenters. The molecule has 2 aliphatic carbocycles. The molecule has 1 aromatic heterocycles. The quantitative estimate of drug-likeness (QED) is 0.673. The van der Waals surface area contributed by atoms with Crippen molar-refractivity contribution in [2.45, 2.75) is 25.9 Å². The number of amides is 1. The zero-order valence-corrected chi connectivity index (χ0v) is 16.9. The van der Waals surface area contributed by atoms with Crippen LogP contribution in [0.25, 0.3) is 0 Å². The Morgan fingerprint density at radius 1 is 1.23 bits per heavy atom. The van der Waals surface area contributed by atoms with Gasteiger partial charge in [0.1, 0.15) is 5.82 Å². The van der Waals surface area contributed by atoms with Gasteiger partial charge in [-0.3, -0.25) is 24.0 Å². The number of H-pyrrole nitrogens is 1. The Bertz CT molecular complexity index is 1070. The van der Waals surface area contributed by atoms with Crippen molar-refractivity contribution in [3.63, 3.8) is 0 Å². The maximum atomic E-state index is 13.6. The summed E-state index contributed by atoms with van der Waals surface area (Å²) in [6.45, 7) is 0.627. The van der Waals surface area contributed by atoms with Crippen molar-refractivity contribution >= 4 is 17.4 Å². The zero-order chi connectivity index (χ0) is 21.3. The Morgan fingerprint density at radius 2 is 2.00 bits per heavy atom. The lowest BCUT2D eigenvalue weighted by atomic mass is 9.92. The molecule has 3 atom stereocenters. The van der Waals surface area contributed by atoms with Crippen molar-refractivity contribution in [3.05, 3.63) is 68.9 Å². The van der Waals surface area contributed by atoms with Crippen LogP contribution in [-0.4, -0.2) is 29.2 Å². The summed E-state index contributed by atoms with van der Waals surface area (Å²) in [6.07, 6.45) is 6.01. The first-order valence-corrected chi connectivity index (χ1v) is 10.1.